The average molecular weight is 187 g/mol. The van der Waals surface area contributed by atoms with E-state index < -0.39 is 0 Å². The van der Waals surface area contributed by atoms with E-state index in [1.165, 1.54) is 5.56 Å². The highest BCUT2D eigenvalue weighted by Crippen LogP contribution is 2.08. The van der Waals surface area contributed by atoms with E-state index in [9.17, 15) is 4.79 Å². The van der Waals surface area contributed by atoms with Crippen LogP contribution in [0.15, 0.2) is 24.3 Å². The molecule has 0 bridgehead atoms. The molecule has 0 amide bonds. The Labute approximate surface area is 84.2 Å². The third-order valence-corrected chi connectivity index (χ3v) is 2.11. The number of Topliss-reactive ketones (excluding diaryl/α,β-unsaturated/α-hetero) is 1. The second kappa shape index (κ2) is 5.18. The number of aryl methyl sites for hydroxylation is 1. The number of carbonyl (C=O) groups excluding carboxylic acids is 1. The quantitative estimate of drug-likeness (QED) is 0.537. The molecule has 0 saturated heterocycles. The van der Waals surface area contributed by atoms with Gasteiger partial charge in [0.15, 0.2) is 5.78 Å². The molecule has 0 N–H and O–H groups in total. The van der Waals surface area contributed by atoms with Crippen LogP contribution in [0.4, 0.5) is 0 Å². The van der Waals surface area contributed by atoms with Crippen LogP contribution >= 0.6 is 0 Å². The van der Waals surface area contributed by atoms with Gasteiger partial charge in [0.1, 0.15) is 0 Å². The van der Waals surface area contributed by atoms with Crippen molar-refractivity contribution < 1.29 is 4.79 Å². The van der Waals surface area contributed by atoms with Crippen molar-refractivity contribution in [3.63, 3.8) is 0 Å². The molecule has 2 nitrogen and oxygen atoms in total. The Hall–Kier alpha value is -1.62. The van der Waals surface area contributed by atoms with Gasteiger partial charge in [-0.15, -0.1) is 0 Å². The number of hydrogen-bond donors (Lipinski definition) is 0. The summed E-state index contributed by atoms with van der Waals surface area (Å²) in [4.78, 5) is 11.0. The fourth-order valence-electron chi connectivity index (χ4n) is 1.28. The molecule has 1 aromatic rings. The van der Waals surface area contributed by atoms with Crippen molar-refractivity contribution in [1.29, 1.82) is 5.26 Å². The molecule has 0 aromatic heterocycles. The SMILES string of the molecule is CC(=O)c1ccc(CCCC#N)cc1. The molecule has 14 heavy (non-hydrogen) atoms. The molecule has 1 aromatic carbocycles. The van der Waals surface area contributed by atoms with Crippen LogP contribution in [0.1, 0.15) is 35.7 Å². The zero-order chi connectivity index (χ0) is 10.4. The van der Waals surface area contributed by atoms with Crippen LogP contribution in [0.5, 0.6) is 0 Å². The summed E-state index contributed by atoms with van der Waals surface area (Å²) in [7, 11) is 0. The Balaban J connectivity index is 2.56. The van der Waals surface area contributed by atoms with Gasteiger partial charge in [0.25, 0.3) is 0 Å². The van der Waals surface area contributed by atoms with E-state index in [0.29, 0.717) is 6.42 Å². The summed E-state index contributed by atoms with van der Waals surface area (Å²) in [5.41, 5.74) is 1.93. The molecule has 0 aliphatic rings. The summed E-state index contributed by atoms with van der Waals surface area (Å²) in [6, 6.07) is 9.69. The third kappa shape index (κ3) is 3.02. The Kier molecular flexibility index (Phi) is 3.87. The Morgan fingerprint density at radius 1 is 1.36 bits per heavy atom. The number of ketones is 1. The topological polar surface area (TPSA) is 40.9 Å². The Morgan fingerprint density at radius 2 is 2.00 bits per heavy atom. The largest absolute Gasteiger partial charge is 0.295 e. The predicted molar refractivity (Wildman–Crippen MR) is 55.0 cm³/mol. The van der Waals surface area contributed by atoms with Crippen molar-refractivity contribution >= 4 is 5.78 Å². The van der Waals surface area contributed by atoms with Gasteiger partial charge in [0.05, 0.1) is 6.07 Å². The van der Waals surface area contributed by atoms with E-state index in [-0.39, 0.29) is 5.78 Å². The van der Waals surface area contributed by atoms with E-state index in [2.05, 4.69) is 6.07 Å². The van der Waals surface area contributed by atoms with Gasteiger partial charge in [0.2, 0.25) is 0 Å². The summed E-state index contributed by atoms with van der Waals surface area (Å²) in [6.07, 6.45) is 2.39. The number of rotatable bonds is 4. The van der Waals surface area contributed by atoms with Crippen LogP contribution in [-0.4, -0.2) is 5.78 Å². The fraction of sp³-hybridized carbons (Fsp3) is 0.333. The minimum absolute atomic E-state index is 0.0913. The number of nitrogens with zero attached hydrogens (tertiary/aromatic N) is 1. The minimum atomic E-state index is 0.0913. The molecule has 0 heterocycles. The average Bonchev–Trinajstić information content (AvgIpc) is 2.19. The lowest BCUT2D eigenvalue weighted by Gasteiger charge is -2.00. The lowest BCUT2D eigenvalue weighted by Crippen LogP contribution is -1.92. The first kappa shape index (κ1) is 10.5. The molecular weight excluding hydrogens is 174 g/mol. The number of hydrogen-bond acceptors (Lipinski definition) is 2. The molecule has 0 unspecified atom stereocenters. The van der Waals surface area contributed by atoms with E-state index in [1.54, 1.807) is 6.92 Å². The van der Waals surface area contributed by atoms with Gasteiger partial charge in [-0.3, -0.25) is 4.79 Å². The molecule has 0 aliphatic carbocycles. The van der Waals surface area contributed by atoms with Gasteiger partial charge in [-0.25, -0.2) is 0 Å². The van der Waals surface area contributed by atoms with Gasteiger partial charge in [-0.2, -0.15) is 5.26 Å². The zero-order valence-electron chi connectivity index (χ0n) is 8.29. The third-order valence-electron chi connectivity index (χ3n) is 2.11. The predicted octanol–water partition coefficient (Wildman–Crippen LogP) is 2.74. The summed E-state index contributed by atoms with van der Waals surface area (Å²) in [5, 5.41) is 8.37. The van der Waals surface area contributed by atoms with Crippen molar-refractivity contribution in [3.8, 4) is 6.07 Å². The fourth-order valence-corrected chi connectivity index (χ4v) is 1.28. The Morgan fingerprint density at radius 3 is 2.50 bits per heavy atom. The number of carbonyl (C=O) groups is 1. The number of benzene rings is 1. The minimum Gasteiger partial charge on any atom is -0.295 e. The van der Waals surface area contributed by atoms with Crippen LogP contribution in [0.25, 0.3) is 0 Å². The van der Waals surface area contributed by atoms with Crippen LogP contribution in [0, 0.1) is 11.3 Å². The highest BCUT2D eigenvalue weighted by molar-refractivity contribution is 5.93. The summed E-state index contributed by atoms with van der Waals surface area (Å²) in [6.45, 7) is 1.56. The second-order valence-corrected chi connectivity index (χ2v) is 3.26. The lowest BCUT2D eigenvalue weighted by atomic mass is 10.1. The molecule has 0 aliphatic heterocycles. The molecule has 72 valence electrons. The van der Waals surface area contributed by atoms with Crippen LogP contribution < -0.4 is 0 Å². The molecule has 0 fully saturated rings. The molecule has 0 radical (unpaired) electrons. The smallest absolute Gasteiger partial charge is 0.159 e. The van der Waals surface area contributed by atoms with Gasteiger partial charge < -0.3 is 0 Å². The number of nitriles is 1. The summed E-state index contributed by atoms with van der Waals surface area (Å²) < 4.78 is 0. The maximum absolute atomic E-state index is 11.0. The van der Waals surface area contributed by atoms with Crippen molar-refractivity contribution in [1.82, 2.24) is 0 Å². The first-order valence-corrected chi connectivity index (χ1v) is 4.71. The first-order valence-electron chi connectivity index (χ1n) is 4.71. The highest BCUT2D eigenvalue weighted by atomic mass is 16.1. The lowest BCUT2D eigenvalue weighted by molar-refractivity contribution is 0.101. The molecule has 2 heteroatoms. The zero-order valence-corrected chi connectivity index (χ0v) is 8.29. The van der Waals surface area contributed by atoms with Gasteiger partial charge in [0, 0.05) is 12.0 Å². The monoisotopic (exact) mass is 187 g/mol. The van der Waals surface area contributed by atoms with E-state index in [4.69, 9.17) is 5.26 Å². The number of unbranched alkanes of at least 4 members (excludes halogenated alkanes) is 1. The van der Waals surface area contributed by atoms with Crippen LogP contribution in [0.3, 0.4) is 0 Å². The molecule has 1 rings (SSSR count). The van der Waals surface area contributed by atoms with E-state index >= 15 is 0 Å². The van der Waals surface area contributed by atoms with Crippen molar-refractivity contribution in [2.45, 2.75) is 26.2 Å². The standard InChI is InChI=1S/C12H13NO/c1-10(14)12-7-5-11(6-8-12)4-2-3-9-13/h5-8H,2-4H2,1H3. The molecular formula is C12H13NO. The van der Waals surface area contributed by atoms with Crippen molar-refractivity contribution in [2.75, 3.05) is 0 Å². The van der Waals surface area contributed by atoms with Gasteiger partial charge in [-0.1, -0.05) is 24.3 Å². The molecule has 0 saturated carbocycles. The van der Waals surface area contributed by atoms with Gasteiger partial charge in [-0.05, 0) is 25.3 Å². The summed E-state index contributed by atoms with van der Waals surface area (Å²) in [5.74, 6) is 0.0913. The van der Waals surface area contributed by atoms with Gasteiger partial charge >= 0.3 is 0 Å². The molecule has 0 spiro atoms. The first-order chi connectivity index (χ1) is 6.74. The Bertz CT molecular complexity index is 346. The van der Waals surface area contributed by atoms with Crippen molar-refractivity contribution in [2.24, 2.45) is 0 Å². The van der Waals surface area contributed by atoms with Crippen LogP contribution in [-0.2, 0) is 6.42 Å². The maximum Gasteiger partial charge on any atom is 0.159 e. The van der Waals surface area contributed by atoms with Crippen LogP contribution in [0.2, 0.25) is 0 Å². The maximum atomic E-state index is 11.0. The normalized spacial score (nSPS) is 9.43. The van der Waals surface area contributed by atoms with E-state index in [0.717, 1.165) is 18.4 Å². The highest BCUT2D eigenvalue weighted by Gasteiger charge is 1.98. The van der Waals surface area contributed by atoms with E-state index in [1.807, 2.05) is 24.3 Å². The van der Waals surface area contributed by atoms with Crippen molar-refractivity contribution in [3.05, 3.63) is 35.4 Å². The second-order valence-electron chi connectivity index (χ2n) is 3.26. The molecule has 0 atom stereocenters. The summed E-state index contributed by atoms with van der Waals surface area (Å²) >= 11 is 0.